The predicted molar refractivity (Wildman–Crippen MR) is 91.0 cm³/mol. The first-order valence-electron chi connectivity index (χ1n) is 7.95. The standard InChI is InChI=1S/C18H24N4O/c1-4-22(13-16-8-10-19-11-9-16)18(23)21-15(3)12-17-7-5-6-14(2)20-17/h5-11,15H,4,12-13H2,1-3H3,(H,21,23)/t15-/m0/s1. The minimum Gasteiger partial charge on any atom is -0.335 e. The molecule has 0 fully saturated rings. The highest BCUT2D eigenvalue weighted by molar-refractivity contribution is 5.74. The maximum Gasteiger partial charge on any atom is 0.317 e. The Bertz CT molecular complexity index is 630. The smallest absolute Gasteiger partial charge is 0.317 e. The minimum absolute atomic E-state index is 0.0308. The quantitative estimate of drug-likeness (QED) is 0.892. The van der Waals surface area contributed by atoms with Gasteiger partial charge in [-0.1, -0.05) is 6.07 Å². The average molecular weight is 312 g/mol. The summed E-state index contributed by atoms with van der Waals surface area (Å²) < 4.78 is 0. The van der Waals surface area contributed by atoms with Gasteiger partial charge in [-0.05, 0) is 50.6 Å². The topological polar surface area (TPSA) is 58.1 Å². The van der Waals surface area contributed by atoms with Crippen LogP contribution in [0.1, 0.15) is 30.8 Å². The van der Waals surface area contributed by atoms with E-state index in [4.69, 9.17) is 0 Å². The van der Waals surface area contributed by atoms with Gasteiger partial charge in [-0.15, -0.1) is 0 Å². The molecule has 1 N–H and O–H groups in total. The Morgan fingerprint density at radius 1 is 1.26 bits per heavy atom. The van der Waals surface area contributed by atoms with Gasteiger partial charge in [-0.2, -0.15) is 0 Å². The Hall–Kier alpha value is -2.43. The van der Waals surface area contributed by atoms with Crippen LogP contribution in [0.2, 0.25) is 0 Å². The zero-order chi connectivity index (χ0) is 16.7. The third-order valence-electron chi connectivity index (χ3n) is 3.62. The summed E-state index contributed by atoms with van der Waals surface area (Å²) in [5, 5.41) is 3.05. The summed E-state index contributed by atoms with van der Waals surface area (Å²) >= 11 is 0. The largest absolute Gasteiger partial charge is 0.335 e. The maximum absolute atomic E-state index is 12.4. The van der Waals surface area contributed by atoms with E-state index in [1.165, 1.54) is 0 Å². The van der Waals surface area contributed by atoms with Gasteiger partial charge >= 0.3 is 6.03 Å². The number of amides is 2. The lowest BCUT2D eigenvalue weighted by Gasteiger charge is -2.24. The first-order chi connectivity index (χ1) is 11.1. The molecule has 0 bridgehead atoms. The van der Waals surface area contributed by atoms with E-state index < -0.39 is 0 Å². The molecule has 0 spiro atoms. The molecule has 23 heavy (non-hydrogen) atoms. The van der Waals surface area contributed by atoms with E-state index in [2.05, 4.69) is 15.3 Å². The van der Waals surface area contributed by atoms with Gasteiger partial charge in [-0.25, -0.2) is 4.79 Å². The number of nitrogens with zero attached hydrogens (tertiary/aromatic N) is 3. The number of nitrogens with one attached hydrogen (secondary N) is 1. The highest BCUT2D eigenvalue weighted by atomic mass is 16.2. The molecule has 0 aliphatic heterocycles. The van der Waals surface area contributed by atoms with Crippen molar-refractivity contribution in [2.75, 3.05) is 6.54 Å². The van der Waals surface area contributed by atoms with Crippen molar-refractivity contribution in [3.63, 3.8) is 0 Å². The Kier molecular flexibility index (Phi) is 6.09. The first-order valence-corrected chi connectivity index (χ1v) is 7.95. The normalized spacial score (nSPS) is 11.8. The lowest BCUT2D eigenvalue weighted by molar-refractivity contribution is 0.194. The van der Waals surface area contributed by atoms with Crippen LogP contribution in [0.15, 0.2) is 42.7 Å². The first kappa shape index (κ1) is 16.9. The van der Waals surface area contributed by atoms with Crippen LogP contribution in [0.25, 0.3) is 0 Å². The number of urea groups is 1. The molecule has 2 aromatic rings. The fourth-order valence-corrected chi connectivity index (χ4v) is 2.42. The second-order valence-electron chi connectivity index (χ2n) is 5.69. The summed E-state index contributed by atoms with van der Waals surface area (Å²) in [5.74, 6) is 0. The van der Waals surface area contributed by atoms with Gasteiger partial charge in [0.2, 0.25) is 0 Å². The number of carbonyl (C=O) groups excluding carboxylic acids is 1. The van der Waals surface area contributed by atoms with Crippen LogP contribution in [-0.4, -0.2) is 33.5 Å². The molecule has 5 nitrogen and oxygen atoms in total. The number of hydrogen-bond acceptors (Lipinski definition) is 3. The second kappa shape index (κ2) is 8.27. The number of aromatic nitrogens is 2. The van der Waals surface area contributed by atoms with E-state index in [-0.39, 0.29) is 12.1 Å². The van der Waals surface area contributed by atoms with Crippen molar-refractivity contribution >= 4 is 6.03 Å². The van der Waals surface area contributed by atoms with Gasteiger partial charge < -0.3 is 10.2 Å². The number of hydrogen-bond donors (Lipinski definition) is 1. The Labute approximate surface area is 137 Å². The average Bonchev–Trinajstić information content (AvgIpc) is 2.53. The highest BCUT2D eigenvalue weighted by Gasteiger charge is 2.15. The fourth-order valence-electron chi connectivity index (χ4n) is 2.42. The van der Waals surface area contributed by atoms with Crippen molar-refractivity contribution in [2.24, 2.45) is 0 Å². The molecule has 0 saturated carbocycles. The molecule has 5 heteroatoms. The lowest BCUT2D eigenvalue weighted by atomic mass is 10.1. The Morgan fingerprint density at radius 3 is 2.65 bits per heavy atom. The van der Waals surface area contributed by atoms with Gasteiger partial charge in [0.1, 0.15) is 0 Å². The molecule has 0 aromatic carbocycles. The molecule has 2 aromatic heterocycles. The summed E-state index contributed by atoms with van der Waals surface area (Å²) in [6.45, 7) is 7.19. The van der Waals surface area contributed by atoms with E-state index in [0.29, 0.717) is 13.1 Å². The molecule has 122 valence electrons. The number of carbonyl (C=O) groups is 1. The second-order valence-corrected chi connectivity index (χ2v) is 5.69. The van der Waals surface area contributed by atoms with E-state index >= 15 is 0 Å². The zero-order valence-electron chi connectivity index (χ0n) is 14.0. The fraction of sp³-hybridized carbons (Fsp3) is 0.389. The van der Waals surface area contributed by atoms with Crippen LogP contribution in [0.5, 0.6) is 0 Å². The SMILES string of the molecule is CCN(Cc1ccncc1)C(=O)N[C@@H](C)Cc1cccc(C)n1. The minimum atomic E-state index is -0.0514. The zero-order valence-corrected chi connectivity index (χ0v) is 14.0. The summed E-state index contributed by atoms with van der Waals surface area (Å²) in [4.78, 5) is 22.7. The van der Waals surface area contributed by atoms with Gasteiger partial charge in [0.15, 0.2) is 0 Å². The monoisotopic (exact) mass is 312 g/mol. The van der Waals surface area contributed by atoms with Crippen LogP contribution >= 0.6 is 0 Å². The van der Waals surface area contributed by atoms with Crippen molar-refractivity contribution in [1.82, 2.24) is 20.2 Å². The van der Waals surface area contributed by atoms with Gasteiger partial charge in [0, 0.05) is 49.3 Å². The van der Waals surface area contributed by atoms with Crippen LogP contribution in [0.4, 0.5) is 4.79 Å². The predicted octanol–water partition coefficient (Wildman–Crippen LogP) is 2.95. The summed E-state index contributed by atoms with van der Waals surface area (Å²) in [7, 11) is 0. The molecule has 0 unspecified atom stereocenters. The summed E-state index contributed by atoms with van der Waals surface area (Å²) in [5.41, 5.74) is 3.06. The van der Waals surface area contributed by atoms with E-state index in [1.54, 1.807) is 17.3 Å². The molecule has 0 aliphatic rings. The molecule has 0 aliphatic carbocycles. The van der Waals surface area contributed by atoms with Gasteiger partial charge in [0.05, 0.1) is 0 Å². The molecule has 0 saturated heterocycles. The molecule has 2 amide bonds. The molecular formula is C18H24N4O. The van der Waals surface area contributed by atoms with Crippen LogP contribution in [0, 0.1) is 6.92 Å². The molecule has 2 heterocycles. The molecule has 1 atom stereocenters. The summed E-state index contributed by atoms with van der Waals surface area (Å²) in [6.07, 6.45) is 4.21. The third kappa shape index (κ3) is 5.36. The van der Waals surface area contributed by atoms with Crippen molar-refractivity contribution < 1.29 is 4.79 Å². The molecule has 2 rings (SSSR count). The van der Waals surface area contributed by atoms with Crippen molar-refractivity contribution in [3.05, 3.63) is 59.7 Å². The van der Waals surface area contributed by atoms with E-state index in [1.807, 2.05) is 51.1 Å². The van der Waals surface area contributed by atoms with Gasteiger partial charge in [0.25, 0.3) is 0 Å². The van der Waals surface area contributed by atoms with Crippen LogP contribution < -0.4 is 5.32 Å². The third-order valence-corrected chi connectivity index (χ3v) is 3.62. The van der Waals surface area contributed by atoms with E-state index in [0.717, 1.165) is 23.4 Å². The van der Waals surface area contributed by atoms with Crippen molar-refractivity contribution in [1.29, 1.82) is 0 Å². The maximum atomic E-state index is 12.4. The van der Waals surface area contributed by atoms with Crippen molar-refractivity contribution in [2.45, 2.75) is 39.8 Å². The summed E-state index contributed by atoms with van der Waals surface area (Å²) in [6, 6.07) is 9.79. The molecular weight excluding hydrogens is 288 g/mol. The van der Waals surface area contributed by atoms with E-state index in [9.17, 15) is 4.79 Å². The Balaban J connectivity index is 1.90. The van der Waals surface area contributed by atoms with Gasteiger partial charge in [-0.3, -0.25) is 9.97 Å². The number of aryl methyl sites for hydroxylation is 1. The van der Waals surface area contributed by atoms with Crippen LogP contribution in [0.3, 0.4) is 0 Å². The Morgan fingerprint density at radius 2 is 2.00 bits per heavy atom. The number of rotatable bonds is 6. The lowest BCUT2D eigenvalue weighted by Crippen LogP contribution is -2.44. The number of pyridine rings is 2. The van der Waals surface area contributed by atoms with Crippen LogP contribution in [-0.2, 0) is 13.0 Å². The van der Waals surface area contributed by atoms with Crippen molar-refractivity contribution in [3.8, 4) is 0 Å². The highest BCUT2D eigenvalue weighted by Crippen LogP contribution is 2.06. The molecule has 0 radical (unpaired) electrons.